The average Bonchev–Trinajstić information content (AvgIpc) is 3.03. The molecule has 0 aromatic heterocycles. The van der Waals surface area contributed by atoms with Gasteiger partial charge in [0, 0.05) is 24.0 Å². The smallest absolute Gasteiger partial charge is 0.244 e. The zero-order chi connectivity index (χ0) is 34.1. The van der Waals surface area contributed by atoms with Crippen molar-refractivity contribution in [2.24, 2.45) is 23.7 Å². The number of nitrogens with one attached hydrogen (secondary N) is 1. The second kappa shape index (κ2) is 14.4. The van der Waals surface area contributed by atoms with E-state index in [1.54, 1.807) is 4.90 Å². The van der Waals surface area contributed by atoms with Crippen LogP contribution in [0.15, 0.2) is 83.3 Å². The molecule has 2 amide bonds. The SMILES string of the molecule is CC(C)CNC(=O)C(Cc1ccccc1)N(Cc1cccc(Br)c1)C(=O)CN(c1ccc(C23CC4CC(CC(C4)C2)C3)cc1)S(C)(=O)=O. The normalized spacial score (nSPS) is 23.6. The van der Waals surface area contributed by atoms with Gasteiger partial charge in [-0.1, -0.05) is 84.4 Å². The van der Waals surface area contributed by atoms with Crippen LogP contribution < -0.4 is 9.62 Å². The van der Waals surface area contributed by atoms with E-state index >= 15 is 0 Å². The maximum Gasteiger partial charge on any atom is 0.244 e. The Bertz CT molecular complexity index is 1680. The van der Waals surface area contributed by atoms with E-state index in [0.29, 0.717) is 18.7 Å². The molecular formula is C39H48BrN3O4S. The highest BCUT2D eigenvalue weighted by atomic mass is 79.9. The third-order valence-electron chi connectivity index (χ3n) is 10.7. The highest BCUT2D eigenvalue weighted by Gasteiger charge is 2.51. The van der Waals surface area contributed by atoms with Gasteiger partial charge in [-0.25, -0.2) is 8.42 Å². The van der Waals surface area contributed by atoms with E-state index in [2.05, 4.69) is 33.4 Å². The van der Waals surface area contributed by atoms with Gasteiger partial charge in [0.05, 0.1) is 11.9 Å². The topological polar surface area (TPSA) is 86.8 Å². The molecule has 0 aliphatic heterocycles. The van der Waals surface area contributed by atoms with Crippen LogP contribution in [0.1, 0.15) is 69.1 Å². The number of carbonyl (C=O) groups is 2. The van der Waals surface area contributed by atoms with Crippen LogP contribution in [-0.2, 0) is 38.0 Å². The molecule has 1 unspecified atom stereocenters. The summed E-state index contributed by atoms with van der Waals surface area (Å²) in [6.45, 7) is 4.25. The van der Waals surface area contributed by atoms with Crippen LogP contribution in [0.25, 0.3) is 0 Å². The van der Waals surface area contributed by atoms with Crippen molar-refractivity contribution >= 4 is 43.5 Å². The number of carbonyl (C=O) groups excluding carboxylic acids is 2. The molecular weight excluding hydrogens is 686 g/mol. The van der Waals surface area contributed by atoms with E-state index in [1.165, 1.54) is 48.4 Å². The molecule has 48 heavy (non-hydrogen) atoms. The molecule has 1 N–H and O–H groups in total. The Morgan fingerprint density at radius 1 is 0.875 bits per heavy atom. The Kier molecular flexibility index (Phi) is 10.4. The van der Waals surface area contributed by atoms with Crippen LogP contribution in [0.2, 0.25) is 0 Å². The summed E-state index contributed by atoms with van der Waals surface area (Å²) >= 11 is 3.53. The summed E-state index contributed by atoms with van der Waals surface area (Å²) < 4.78 is 28.7. The van der Waals surface area contributed by atoms with Gasteiger partial charge in [0.1, 0.15) is 12.6 Å². The van der Waals surface area contributed by atoms with Crippen molar-refractivity contribution in [3.8, 4) is 0 Å². The molecule has 4 aliphatic rings. The van der Waals surface area contributed by atoms with Crippen molar-refractivity contribution in [3.63, 3.8) is 0 Å². The highest BCUT2D eigenvalue weighted by Crippen LogP contribution is 2.60. The van der Waals surface area contributed by atoms with Crippen molar-refractivity contribution in [2.75, 3.05) is 23.7 Å². The van der Waals surface area contributed by atoms with Gasteiger partial charge < -0.3 is 10.2 Å². The summed E-state index contributed by atoms with van der Waals surface area (Å²) in [5.74, 6) is 1.94. The second-order valence-corrected chi connectivity index (χ2v) is 17.8. The maximum absolute atomic E-state index is 14.5. The molecule has 7 nitrogen and oxygen atoms in total. The lowest BCUT2D eigenvalue weighted by Gasteiger charge is -2.57. The maximum atomic E-state index is 14.5. The Hall–Kier alpha value is -3.17. The number of benzene rings is 3. The lowest BCUT2D eigenvalue weighted by atomic mass is 9.48. The predicted molar refractivity (Wildman–Crippen MR) is 195 cm³/mol. The first-order valence-corrected chi connectivity index (χ1v) is 20.0. The minimum atomic E-state index is -3.83. The minimum Gasteiger partial charge on any atom is -0.354 e. The van der Waals surface area contributed by atoms with Crippen molar-refractivity contribution in [1.82, 2.24) is 10.2 Å². The molecule has 4 saturated carbocycles. The fourth-order valence-electron chi connectivity index (χ4n) is 8.87. The van der Waals surface area contributed by atoms with Crippen LogP contribution >= 0.6 is 15.9 Å². The molecule has 3 aromatic rings. The Morgan fingerprint density at radius 2 is 1.48 bits per heavy atom. The molecule has 0 heterocycles. The number of hydrogen-bond acceptors (Lipinski definition) is 4. The van der Waals surface area contributed by atoms with Crippen molar-refractivity contribution in [2.45, 2.75) is 76.8 Å². The molecule has 9 heteroatoms. The molecule has 256 valence electrons. The second-order valence-electron chi connectivity index (χ2n) is 15.0. The van der Waals surface area contributed by atoms with Gasteiger partial charge in [0.2, 0.25) is 21.8 Å². The summed E-state index contributed by atoms with van der Waals surface area (Å²) in [6, 6.07) is 24.4. The third-order valence-corrected chi connectivity index (χ3v) is 12.3. The van der Waals surface area contributed by atoms with E-state index in [-0.39, 0.29) is 23.8 Å². The van der Waals surface area contributed by atoms with Gasteiger partial charge >= 0.3 is 0 Å². The number of amides is 2. The van der Waals surface area contributed by atoms with Gasteiger partial charge in [-0.15, -0.1) is 0 Å². The van der Waals surface area contributed by atoms with Crippen LogP contribution in [0.3, 0.4) is 0 Å². The van der Waals surface area contributed by atoms with Gasteiger partial charge in [0.15, 0.2) is 0 Å². The molecule has 4 bridgehead atoms. The van der Waals surface area contributed by atoms with E-state index in [9.17, 15) is 18.0 Å². The highest BCUT2D eigenvalue weighted by molar-refractivity contribution is 9.10. The predicted octanol–water partition coefficient (Wildman–Crippen LogP) is 7.10. The van der Waals surface area contributed by atoms with Gasteiger partial charge in [-0.3, -0.25) is 13.9 Å². The minimum absolute atomic E-state index is 0.146. The number of sulfonamides is 1. The van der Waals surface area contributed by atoms with Crippen LogP contribution in [-0.4, -0.2) is 50.5 Å². The van der Waals surface area contributed by atoms with Crippen molar-refractivity contribution < 1.29 is 18.0 Å². The summed E-state index contributed by atoms with van der Waals surface area (Å²) in [7, 11) is -3.83. The van der Waals surface area contributed by atoms with E-state index < -0.39 is 28.5 Å². The summed E-state index contributed by atoms with van der Waals surface area (Å²) in [5, 5.41) is 3.04. The van der Waals surface area contributed by atoms with E-state index in [4.69, 9.17) is 0 Å². The molecule has 1 atom stereocenters. The Labute approximate surface area is 294 Å². The number of anilines is 1. The molecule has 0 spiro atoms. The Balaban J connectivity index is 1.30. The summed E-state index contributed by atoms with van der Waals surface area (Å²) in [5.41, 5.74) is 3.69. The number of hydrogen-bond donors (Lipinski definition) is 1. The third kappa shape index (κ3) is 7.99. The molecule has 4 aliphatic carbocycles. The first-order valence-electron chi connectivity index (χ1n) is 17.3. The van der Waals surface area contributed by atoms with Gasteiger partial charge in [-0.05, 0) is 109 Å². The average molecular weight is 735 g/mol. The van der Waals surface area contributed by atoms with Crippen molar-refractivity contribution in [3.05, 3.63) is 100 Å². The van der Waals surface area contributed by atoms with Crippen molar-refractivity contribution in [1.29, 1.82) is 0 Å². The van der Waals surface area contributed by atoms with Gasteiger partial charge in [0.25, 0.3) is 0 Å². The first-order chi connectivity index (χ1) is 22.9. The largest absolute Gasteiger partial charge is 0.354 e. The van der Waals surface area contributed by atoms with Crippen LogP contribution in [0, 0.1) is 23.7 Å². The molecule has 4 fully saturated rings. The van der Waals surface area contributed by atoms with Crippen LogP contribution in [0.4, 0.5) is 5.69 Å². The monoisotopic (exact) mass is 733 g/mol. The number of nitrogens with zero attached hydrogens (tertiary/aromatic N) is 2. The molecule has 0 saturated heterocycles. The van der Waals surface area contributed by atoms with E-state index in [1.807, 2.05) is 80.6 Å². The van der Waals surface area contributed by atoms with E-state index in [0.717, 1.165) is 39.6 Å². The number of rotatable bonds is 13. The lowest BCUT2D eigenvalue weighted by Crippen LogP contribution is -2.53. The molecule has 3 aromatic carbocycles. The standard InChI is InChI=1S/C39H48BrN3O4S/c1-27(2)24-41-38(45)36(20-28-8-5-4-6-9-28)42(25-29-10-7-11-34(40)19-29)37(44)26-43(48(3,46)47)35-14-12-33(13-15-35)39-21-30-16-31(22-39)18-32(17-30)23-39/h4-15,19,27,30-32,36H,16-18,20-26H2,1-3H3,(H,41,45). The first kappa shape index (κ1) is 34.7. The lowest BCUT2D eigenvalue weighted by molar-refractivity contribution is -0.140. The fraction of sp³-hybridized carbons (Fsp3) is 0.487. The Morgan fingerprint density at radius 3 is 2.04 bits per heavy atom. The zero-order valence-corrected chi connectivity index (χ0v) is 30.7. The zero-order valence-electron chi connectivity index (χ0n) is 28.3. The van der Waals surface area contributed by atoms with Gasteiger partial charge in [-0.2, -0.15) is 0 Å². The quantitative estimate of drug-likeness (QED) is 0.203. The molecule has 0 radical (unpaired) electrons. The summed E-state index contributed by atoms with van der Waals surface area (Å²) in [4.78, 5) is 29.9. The van der Waals surface area contributed by atoms with Crippen LogP contribution in [0.5, 0.6) is 0 Å². The molecule has 7 rings (SSSR count). The fourth-order valence-corrected chi connectivity index (χ4v) is 10.2. The number of halogens is 1. The summed E-state index contributed by atoms with van der Waals surface area (Å²) in [6.07, 6.45) is 9.18.